The first kappa shape index (κ1) is 30.4. The van der Waals surface area contributed by atoms with Crippen LogP contribution in [-0.4, -0.2) is 78.2 Å². The van der Waals surface area contributed by atoms with Gasteiger partial charge in [0, 0.05) is 19.0 Å². The van der Waals surface area contributed by atoms with Crippen LogP contribution in [0.25, 0.3) is 0 Å². The normalized spacial score (nSPS) is 21.9. The third kappa shape index (κ3) is 9.23. The molecule has 0 aromatic rings. The number of ketones is 1. The molecule has 0 spiro atoms. The maximum Gasteiger partial charge on any atom is 0.407 e. The first-order chi connectivity index (χ1) is 17.0. The largest absolute Gasteiger partial charge is 0.453 e. The third-order valence-corrected chi connectivity index (χ3v) is 6.61. The van der Waals surface area contributed by atoms with Gasteiger partial charge < -0.3 is 25.6 Å². The van der Waals surface area contributed by atoms with Crippen LogP contribution in [0.1, 0.15) is 73.1 Å². The quantitative estimate of drug-likeness (QED) is 0.371. The molecule has 2 rings (SSSR count). The highest BCUT2D eigenvalue weighted by Gasteiger charge is 2.43. The number of carbonyl (C=O) groups excluding carboxylic acids is 5. The Kier molecular flexibility index (Phi) is 10.0. The predicted octanol–water partition coefficient (Wildman–Crippen LogP) is 2.15. The zero-order valence-corrected chi connectivity index (χ0v) is 22.5. The molecule has 1 heterocycles. The van der Waals surface area contributed by atoms with Crippen molar-refractivity contribution in [2.24, 2.45) is 11.3 Å². The van der Waals surface area contributed by atoms with Crippen LogP contribution in [0.5, 0.6) is 0 Å². The zero-order chi connectivity index (χ0) is 28.1. The van der Waals surface area contributed by atoms with Crippen molar-refractivity contribution in [2.75, 3.05) is 13.7 Å². The number of alkyl carbamates (subject to hydrolysis) is 1. The van der Waals surface area contributed by atoms with E-state index in [0.29, 0.717) is 13.3 Å². The second-order valence-electron chi connectivity index (χ2n) is 11.4. The summed E-state index contributed by atoms with van der Waals surface area (Å²) in [6.07, 6.45) is 0.404. The van der Waals surface area contributed by atoms with E-state index in [1.165, 1.54) is 12.0 Å². The fourth-order valence-corrected chi connectivity index (χ4v) is 4.24. The number of rotatable bonds is 10. The van der Waals surface area contributed by atoms with Gasteiger partial charge in [-0.25, -0.2) is 13.6 Å². The highest BCUT2D eigenvalue weighted by molar-refractivity contribution is 6.38. The molecular formula is C25H40F2N4O6. The molecule has 1 aliphatic heterocycles. The molecule has 10 nitrogen and oxygen atoms in total. The van der Waals surface area contributed by atoms with Crippen molar-refractivity contribution in [3.63, 3.8) is 0 Å². The number of nitrogens with zero attached hydrogens (tertiary/aromatic N) is 1. The topological polar surface area (TPSA) is 134 Å². The third-order valence-electron chi connectivity index (χ3n) is 6.61. The van der Waals surface area contributed by atoms with Gasteiger partial charge in [-0.05, 0) is 50.4 Å². The molecule has 2 aliphatic rings. The molecule has 4 amide bonds. The van der Waals surface area contributed by atoms with E-state index >= 15 is 0 Å². The monoisotopic (exact) mass is 530 g/mol. The molecule has 2 fully saturated rings. The summed E-state index contributed by atoms with van der Waals surface area (Å²) >= 11 is 0. The smallest absolute Gasteiger partial charge is 0.407 e. The second-order valence-corrected chi connectivity index (χ2v) is 11.4. The summed E-state index contributed by atoms with van der Waals surface area (Å²) in [7, 11) is 1.18. The number of alkyl halides is 2. The number of nitrogens with one attached hydrogen (secondary N) is 3. The first-order valence-electron chi connectivity index (χ1n) is 12.7. The van der Waals surface area contributed by atoms with Crippen LogP contribution in [0.2, 0.25) is 0 Å². The molecule has 2 unspecified atom stereocenters. The number of hydrogen-bond acceptors (Lipinski definition) is 6. The zero-order valence-electron chi connectivity index (χ0n) is 22.5. The van der Waals surface area contributed by atoms with Crippen LogP contribution < -0.4 is 16.0 Å². The molecule has 37 heavy (non-hydrogen) atoms. The van der Waals surface area contributed by atoms with E-state index in [0.717, 1.165) is 12.8 Å². The summed E-state index contributed by atoms with van der Waals surface area (Å²) in [5, 5.41) is 7.54. The van der Waals surface area contributed by atoms with Crippen LogP contribution in [-0.2, 0) is 23.9 Å². The van der Waals surface area contributed by atoms with Crippen LogP contribution in [0.3, 0.4) is 0 Å². The maximum absolute atomic E-state index is 13.6. The molecule has 0 aromatic carbocycles. The number of methoxy groups -OCH3 is 1. The van der Waals surface area contributed by atoms with Crippen LogP contribution in [0.15, 0.2) is 0 Å². The molecule has 12 heteroatoms. The van der Waals surface area contributed by atoms with Crippen molar-refractivity contribution in [1.29, 1.82) is 0 Å². The average Bonchev–Trinajstić information content (AvgIpc) is 3.61. The first-order valence-corrected chi connectivity index (χ1v) is 12.7. The Balaban J connectivity index is 2.26. The van der Waals surface area contributed by atoms with Crippen molar-refractivity contribution >= 4 is 29.6 Å². The summed E-state index contributed by atoms with van der Waals surface area (Å²) < 4.78 is 31.8. The molecular weight excluding hydrogens is 490 g/mol. The van der Waals surface area contributed by atoms with E-state index < -0.39 is 71.9 Å². The Bertz CT molecular complexity index is 881. The summed E-state index contributed by atoms with van der Waals surface area (Å²) in [5.41, 5.74) is -0.723. The van der Waals surface area contributed by atoms with Gasteiger partial charge >= 0.3 is 6.09 Å². The molecule has 1 saturated carbocycles. The Labute approximate surface area is 216 Å². The fourth-order valence-electron chi connectivity index (χ4n) is 4.24. The van der Waals surface area contributed by atoms with E-state index in [-0.39, 0.29) is 24.9 Å². The lowest BCUT2D eigenvalue weighted by atomic mass is 9.84. The van der Waals surface area contributed by atoms with Gasteiger partial charge in [0.1, 0.15) is 12.1 Å². The Hall–Kier alpha value is -2.79. The minimum Gasteiger partial charge on any atom is -0.453 e. The standard InChI is InChI=1S/C25H40F2N4O6/c1-14-7-10-17(31(13-14)22(35)19(24(2,3)4)30-23(36)37-6)20(33)29-16(11-12-25(5,26)27)18(32)21(34)28-15-8-9-15/h14-17,19H,7-13H2,1-6H3,(H,28,34)(H,29,33)(H,30,36)/t14?,16-,17?,19+/m0/s1. The predicted molar refractivity (Wildman–Crippen MR) is 131 cm³/mol. The van der Waals surface area contributed by atoms with Gasteiger partial charge in [-0.3, -0.25) is 19.2 Å². The van der Waals surface area contributed by atoms with E-state index in [2.05, 4.69) is 20.7 Å². The van der Waals surface area contributed by atoms with Crippen molar-refractivity contribution in [2.45, 2.75) is 103 Å². The molecule has 3 N–H and O–H groups in total. The summed E-state index contributed by atoms with van der Waals surface area (Å²) in [6, 6.07) is -3.59. The number of piperidine rings is 1. The molecule has 1 aliphatic carbocycles. The lowest BCUT2D eigenvalue weighted by Gasteiger charge is -2.42. The lowest BCUT2D eigenvalue weighted by Crippen LogP contribution is -2.62. The van der Waals surface area contributed by atoms with Gasteiger partial charge in [-0.15, -0.1) is 0 Å². The average molecular weight is 531 g/mol. The van der Waals surface area contributed by atoms with Crippen molar-refractivity contribution in [1.82, 2.24) is 20.9 Å². The Morgan fingerprint density at radius 1 is 1.00 bits per heavy atom. The second kappa shape index (κ2) is 12.2. The highest BCUT2D eigenvalue weighted by Crippen LogP contribution is 2.28. The van der Waals surface area contributed by atoms with E-state index in [1.54, 1.807) is 20.8 Å². The van der Waals surface area contributed by atoms with Crippen LogP contribution in [0, 0.1) is 11.3 Å². The van der Waals surface area contributed by atoms with E-state index in [1.807, 2.05) is 6.92 Å². The molecule has 1 saturated heterocycles. The minimum absolute atomic E-state index is 0.0623. The van der Waals surface area contributed by atoms with Crippen LogP contribution >= 0.6 is 0 Å². The summed E-state index contributed by atoms with van der Waals surface area (Å²) in [5.74, 6) is -6.16. The van der Waals surface area contributed by atoms with Gasteiger partial charge in [0.15, 0.2) is 0 Å². The number of ether oxygens (including phenoxy) is 1. The molecule has 4 atom stereocenters. The van der Waals surface area contributed by atoms with Crippen LogP contribution in [0.4, 0.5) is 13.6 Å². The fraction of sp³-hybridized carbons (Fsp3) is 0.800. The van der Waals surface area contributed by atoms with Gasteiger partial charge in [0.2, 0.25) is 23.5 Å². The highest BCUT2D eigenvalue weighted by atomic mass is 19.3. The number of likely N-dealkylation sites (tertiary alicyclic amines) is 1. The van der Waals surface area contributed by atoms with Gasteiger partial charge in [0.25, 0.3) is 5.91 Å². The Morgan fingerprint density at radius 2 is 1.62 bits per heavy atom. The number of carbonyl (C=O) groups is 5. The molecule has 0 bridgehead atoms. The van der Waals surface area contributed by atoms with Crippen molar-refractivity contribution in [3.8, 4) is 0 Å². The van der Waals surface area contributed by atoms with Gasteiger partial charge in [0.05, 0.1) is 13.2 Å². The van der Waals surface area contributed by atoms with Crippen molar-refractivity contribution in [3.05, 3.63) is 0 Å². The van der Waals surface area contributed by atoms with Gasteiger partial charge in [-0.2, -0.15) is 0 Å². The summed E-state index contributed by atoms with van der Waals surface area (Å²) in [4.78, 5) is 65.4. The summed E-state index contributed by atoms with van der Waals surface area (Å²) in [6.45, 7) is 8.11. The molecule has 0 aromatic heterocycles. The molecule has 0 radical (unpaired) electrons. The number of hydrogen-bond donors (Lipinski definition) is 3. The van der Waals surface area contributed by atoms with Crippen molar-refractivity contribution < 1.29 is 37.5 Å². The number of halogens is 2. The number of amides is 4. The minimum atomic E-state index is -3.10. The molecule has 210 valence electrons. The number of Topliss-reactive ketones (excluding diaryl/α,β-unsaturated/α-hetero) is 1. The SMILES string of the molecule is COC(=O)N[C@H](C(=O)N1CC(C)CCC1C(=O)N[C@@H](CCC(C)(F)F)C(=O)C(=O)NC1CC1)C(C)(C)C. The van der Waals surface area contributed by atoms with E-state index in [4.69, 9.17) is 0 Å². The van der Waals surface area contributed by atoms with E-state index in [9.17, 15) is 32.8 Å². The van der Waals surface area contributed by atoms with Gasteiger partial charge in [-0.1, -0.05) is 27.7 Å². The lowest BCUT2D eigenvalue weighted by molar-refractivity contribution is -0.148. The Morgan fingerprint density at radius 3 is 2.14 bits per heavy atom. The maximum atomic E-state index is 13.6.